The molecule has 2 aromatic rings. The van der Waals surface area contributed by atoms with Crippen molar-refractivity contribution in [1.82, 2.24) is 0 Å². The highest BCUT2D eigenvalue weighted by atomic mass is 16.7. The molecule has 3 aliphatic carbocycles. The summed E-state index contributed by atoms with van der Waals surface area (Å²) in [6, 6.07) is 3.64. The Morgan fingerprint density at radius 3 is 2.34 bits per heavy atom. The number of carboxylic acids is 1. The molecule has 1 saturated heterocycles. The van der Waals surface area contributed by atoms with Gasteiger partial charge in [0.25, 0.3) is 0 Å². The quantitative estimate of drug-likeness (QED) is 0.0747. The zero-order chi connectivity index (χ0) is 45.1. The topological polar surface area (TPSA) is 243 Å². The van der Waals surface area contributed by atoms with E-state index in [2.05, 4.69) is 39.8 Å². The van der Waals surface area contributed by atoms with Crippen molar-refractivity contribution in [3.63, 3.8) is 0 Å². The number of ketones is 3. The van der Waals surface area contributed by atoms with Crippen LogP contribution < -0.4 is 10.5 Å². The molecule has 0 aromatic heterocycles. The van der Waals surface area contributed by atoms with E-state index in [0.29, 0.717) is 0 Å². The van der Waals surface area contributed by atoms with Gasteiger partial charge in [0.1, 0.15) is 29.5 Å². The fourth-order valence-corrected chi connectivity index (χ4v) is 8.63. The van der Waals surface area contributed by atoms with E-state index >= 15 is 0 Å². The second-order valence-corrected chi connectivity index (χ2v) is 16.9. The van der Waals surface area contributed by atoms with Gasteiger partial charge in [-0.15, -0.1) is 0 Å². The first-order valence-corrected chi connectivity index (χ1v) is 20.3. The van der Waals surface area contributed by atoms with Gasteiger partial charge < -0.3 is 50.6 Å². The Balaban J connectivity index is 0.000000273. The third-order valence-electron chi connectivity index (χ3n) is 11.9. The number of rotatable bonds is 10. The number of aromatic hydroxyl groups is 2. The van der Waals surface area contributed by atoms with Gasteiger partial charge in [0, 0.05) is 48.1 Å². The van der Waals surface area contributed by atoms with Gasteiger partial charge in [-0.05, 0) is 69.6 Å². The molecule has 1 heterocycles. The number of Topliss-reactive ketones (excluding diaryl/α,β-unsaturated/α-hetero) is 1. The van der Waals surface area contributed by atoms with Crippen LogP contribution in [0.5, 0.6) is 17.2 Å². The maximum Gasteiger partial charge on any atom is 0.328 e. The van der Waals surface area contributed by atoms with E-state index in [1.165, 1.54) is 61.8 Å². The lowest BCUT2D eigenvalue weighted by Crippen LogP contribution is -2.53. The summed E-state index contributed by atoms with van der Waals surface area (Å²) in [5, 5.41) is 62.3. The average molecular weight is 844 g/mol. The lowest BCUT2D eigenvalue weighted by Gasteiger charge is -2.42. The summed E-state index contributed by atoms with van der Waals surface area (Å²) in [7, 11) is 1.32. The van der Waals surface area contributed by atoms with Crippen molar-refractivity contribution in [3.8, 4) is 17.2 Å². The van der Waals surface area contributed by atoms with Gasteiger partial charge in [0.15, 0.2) is 17.9 Å². The Labute approximate surface area is 355 Å². The molecule has 6 atom stereocenters. The lowest BCUT2D eigenvalue weighted by atomic mass is 9.72. The summed E-state index contributed by atoms with van der Waals surface area (Å²) in [5.74, 6) is -4.69. The van der Waals surface area contributed by atoms with Crippen LogP contribution in [0.3, 0.4) is 0 Å². The Kier molecular flexibility index (Phi) is 14.4. The number of hydrogen-bond donors (Lipinski definition) is 7. The second-order valence-electron chi connectivity index (χ2n) is 16.9. The molecule has 0 unspecified atom stereocenters. The number of aliphatic hydroxyl groups is 3. The SMILES string of the molecule is CC1=C(/C=C/C(C)=C/C=C/C(C)=C/C(=O)O)C(C)(C)CCC1.COc1cccc2c1C(=O)c1c(O)c3c(c(O)c1C2=O)C[C@@](O)(C(=O)CO)C[C@@H]3O[C@H]1C[C@H](N)[C@H](O)[C@H](C)O1. The molecule has 0 bridgehead atoms. The maximum atomic E-state index is 13.6. The van der Waals surface area contributed by atoms with Crippen molar-refractivity contribution in [1.29, 1.82) is 0 Å². The number of aliphatic hydroxyl groups excluding tert-OH is 2. The van der Waals surface area contributed by atoms with E-state index in [-0.39, 0.29) is 39.8 Å². The van der Waals surface area contributed by atoms with Crippen LogP contribution in [-0.2, 0) is 25.5 Å². The maximum absolute atomic E-state index is 13.6. The summed E-state index contributed by atoms with van der Waals surface area (Å²) >= 11 is 0. The molecule has 6 rings (SSSR count). The van der Waals surface area contributed by atoms with Crippen LogP contribution in [0.25, 0.3) is 0 Å². The van der Waals surface area contributed by atoms with Crippen molar-refractivity contribution in [2.45, 2.75) is 116 Å². The van der Waals surface area contributed by atoms with E-state index in [0.717, 1.165) is 11.1 Å². The number of ether oxygens (including phenoxy) is 3. The molecule has 1 aliphatic heterocycles. The molecule has 14 heteroatoms. The standard InChI is InChI=1S/C27H29NO11.C20H28O2/c1-10-22(31)13(28)6-17(38-10)39-15-8-27(36,16(30)9-29)7-12-19(15)26(35)21-20(24(12)33)23(32)11-4-3-5-14(37-2)18(11)25(21)34;1-15(8-6-9-16(2)14-19(21)22)11-12-18-17(3)10-7-13-20(18,4)5/h3-5,10,13,15,17,22,29,31,33,35-36H,6-9,28H2,1-2H3;6,8-9,11-12,14H,7,10,13H2,1-5H3,(H,21,22)/b;9-6+,12-11+,15-8+,16-14+/t10-,13-,15-,17-,22+,27-;/m0./s1. The first-order valence-electron chi connectivity index (χ1n) is 20.3. The third-order valence-corrected chi connectivity index (χ3v) is 11.9. The summed E-state index contributed by atoms with van der Waals surface area (Å²) in [6.07, 6.45) is 9.89. The number of carboxylic acid groups (broad SMARTS) is 1. The highest BCUT2D eigenvalue weighted by molar-refractivity contribution is 6.31. The molecular weight excluding hydrogens is 787 g/mol. The molecule has 8 N–H and O–H groups in total. The summed E-state index contributed by atoms with van der Waals surface area (Å²) in [5.41, 5.74) is 7.47. The minimum atomic E-state index is -2.24. The highest BCUT2D eigenvalue weighted by Gasteiger charge is 2.50. The molecule has 4 aliphatic rings. The molecular formula is C47H57NO13. The highest BCUT2D eigenvalue weighted by Crippen LogP contribution is 2.52. The number of hydrogen-bond acceptors (Lipinski definition) is 13. The number of nitrogens with two attached hydrogens (primary N) is 1. The minimum Gasteiger partial charge on any atom is -0.507 e. The minimum absolute atomic E-state index is 0.0173. The van der Waals surface area contributed by atoms with Gasteiger partial charge in [-0.2, -0.15) is 0 Å². The van der Waals surface area contributed by atoms with Crippen LogP contribution in [0.2, 0.25) is 0 Å². The molecule has 2 aromatic carbocycles. The largest absolute Gasteiger partial charge is 0.507 e. The average Bonchev–Trinajstić information content (AvgIpc) is 3.19. The summed E-state index contributed by atoms with van der Waals surface area (Å²) in [4.78, 5) is 50.3. The lowest BCUT2D eigenvalue weighted by molar-refractivity contribution is -0.247. The van der Waals surface area contributed by atoms with Gasteiger partial charge in [-0.3, -0.25) is 14.4 Å². The van der Waals surface area contributed by atoms with E-state index in [4.69, 9.17) is 25.1 Å². The smallest absolute Gasteiger partial charge is 0.328 e. The zero-order valence-corrected chi connectivity index (χ0v) is 35.7. The van der Waals surface area contributed by atoms with Gasteiger partial charge in [0.05, 0.1) is 42.1 Å². The van der Waals surface area contributed by atoms with Crippen molar-refractivity contribution in [3.05, 3.63) is 110 Å². The van der Waals surface area contributed by atoms with Crippen molar-refractivity contribution >= 4 is 23.3 Å². The monoisotopic (exact) mass is 843 g/mol. The fraction of sp³-hybridized carbons (Fsp3) is 0.447. The number of phenolic OH excluding ortho intramolecular Hbond substituents is 2. The van der Waals surface area contributed by atoms with E-state index in [1.807, 2.05) is 12.2 Å². The summed E-state index contributed by atoms with van der Waals surface area (Å²) < 4.78 is 17.0. The Morgan fingerprint density at radius 2 is 1.72 bits per heavy atom. The number of carbonyl (C=O) groups excluding carboxylic acids is 3. The fourth-order valence-electron chi connectivity index (χ4n) is 8.63. The second kappa shape index (κ2) is 18.8. The van der Waals surface area contributed by atoms with Crippen LogP contribution in [0, 0.1) is 5.41 Å². The predicted molar refractivity (Wildman–Crippen MR) is 226 cm³/mol. The number of methoxy groups -OCH3 is 1. The molecule has 328 valence electrons. The van der Waals surface area contributed by atoms with Gasteiger partial charge >= 0.3 is 5.97 Å². The summed E-state index contributed by atoms with van der Waals surface area (Å²) in [6.45, 7) is 11.3. The van der Waals surface area contributed by atoms with Crippen LogP contribution >= 0.6 is 0 Å². The van der Waals surface area contributed by atoms with E-state index < -0.39 is 102 Å². The predicted octanol–water partition coefficient (Wildman–Crippen LogP) is 5.60. The van der Waals surface area contributed by atoms with Gasteiger partial charge in [-0.25, -0.2) is 4.79 Å². The molecule has 14 nitrogen and oxygen atoms in total. The van der Waals surface area contributed by atoms with E-state index in [1.54, 1.807) is 19.9 Å². The Hall–Kier alpha value is -5.22. The number of benzene rings is 2. The molecule has 0 amide bonds. The molecule has 1 fully saturated rings. The number of fused-ring (bicyclic) bond motifs is 3. The molecule has 61 heavy (non-hydrogen) atoms. The first kappa shape index (κ1) is 46.8. The van der Waals surface area contributed by atoms with Crippen molar-refractivity contribution < 1.29 is 64.0 Å². The van der Waals surface area contributed by atoms with Crippen LogP contribution in [0.4, 0.5) is 0 Å². The molecule has 0 spiro atoms. The van der Waals surface area contributed by atoms with Crippen molar-refractivity contribution in [2.24, 2.45) is 11.1 Å². The Morgan fingerprint density at radius 1 is 1.03 bits per heavy atom. The van der Waals surface area contributed by atoms with E-state index in [9.17, 15) is 44.7 Å². The number of aliphatic carboxylic acids is 1. The van der Waals surface area contributed by atoms with Crippen LogP contribution in [-0.4, -0.2) is 97.8 Å². The van der Waals surface area contributed by atoms with Crippen molar-refractivity contribution in [2.75, 3.05) is 13.7 Å². The Bertz CT molecular complexity index is 2230. The number of phenols is 2. The van der Waals surface area contributed by atoms with Gasteiger partial charge in [-0.1, -0.05) is 67.5 Å². The number of carbonyl (C=O) groups is 4. The van der Waals surface area contributed by atoms with Crippen LogP contribution in [0.1, 0.15) is 123 Å². The third kappa shape index (κ3) is 9.80. The molecule has 0 saturated carbocycles. The van der Waals surface area contributed by atoms with Crippen LogP contribution in [0.15, 0.2) is 76.9 Å². The zero-order valence-electron chi connectivity index (χ0n) is 35.7. The van der Waals surface area contributed by atoms with Gasteiger partial charge in [0.2, 0.25) is 5.78 Å². The molecule has 0 radical (unpaired) electrons. The first-order chi connectivity index (χ1) is 28.6. The normalized spacial score (nSPS) is 26.4. The number of allylic oxidation sites excluding steroid dienone is 9.